The van der Waals surface area contributed by atoms with Crippen LogP contribution in [0.15, 0.2) is 0 Å². The van der Waals surface area contributed by atoms with Gasteiger partial charge in [-0.05, 0) is 18.4 Å². The number of amides is 1. The predicted molar refractivity (Wildman–Crippen MR) is 60.2 cm³/mol. The van der Waals surface area contributed by atoms with Crippen LogP contribution in [-0.4, -0.2) is 25.5 Å². The second-order valence-corrected chi connectivity index (χ2v) is 4.40. The standard InChI is InChI=1S/C11H24N2O/c1-5-11(3,4)9-13-10(14)7-8-12-6-2/h12H,5-9H2,1-4H3,(H,13,14). The zero-order valence-electron chi connectivity index (χ0n) is 9.94. The van der Waals surface area contributed by atoms with Gasteiger partial charge in [0.1, 0.15) is 0 Å². The molecule has 0 aliphatic heterocycles. The van der Waals surface area contributed by atoms with Gasteiger partial charge in [0.05, 0.1) is 0 Å². The normalized spacial score (nSPS) is 11.4. The highest BCUT2D eigenvalue weighted by molar-refractivity contribution is 5.76. The molecule has 0 rings (SSSR count). The summed E-state index contributed by atoms with van der Waals surface area (Å²) in [6.45, 7) is 11.0. The molecule has 3 nitrogen and oxygen atoms in total. The lowest BCUT2D eigenvalue weighted by Crippen LogP contribution is -2.35. The first kappa shape index (κ1) is 13.4. The molecule has 0 unspecified atom stereocenters. The fourth-order valence-electron chi connectivity index (χ4n) is 0.930. The molecule has 0 atom stereocenters. The van der Waals surface area contributed by atoms with E-state index in [0.29, 0.717) is 6.42 Å². The minimum Gasteiger partial charge on any atom is -0.356 e. The topological polar surface area (TPSA) is 41.1 Å². The minimum atomic E-state index is 0.146. The van der Waals surface area contributed by atoms with Crippen molar-refractivity contribution >= 4 is 5.91 Å². The largest absolute Gasteiger partial charge is 0.356 e. The first-order valence-corrected chi connectivity index (χ1v) is 5.49. The molecule has 84 valence electrons. The maximum absolute atomic E-state index is 11.3. The number of hydrogen-bond donors (Lipinski definition) is 2. The molecule has 0 spiro atoms. The van der Waals surface area contributed by atoms with Crippen LogP contribution < -0.4 is 10.6 Å². The van der Waals surface area contributed by atoms with Crippen molar-refractivity contribution in [2.45, 2.75) is 40.5 Å². The van der Waals surface area contributed by atoms with Gasteiger partial charge in [-0.1, -0.05) is 27.7 Å². The van der Waals surface area contributed by atoms with E-state index in [1.165, 1.54) is 0 Å². The quantitative estimate of drug-likeness (QED) is 0.612. The van der Waals surface area contributed by atoms with E-state index in [9.17, 15) is 4.79 Å². The van der Waals surface area contributed by atoms with Crippen molar-refractivity contribution in [3.05, 3.63) is 0 Å². The van der Waals surface area contributed by atoms with Crippen molar-refractivity contribution in [1.29, 1.82) is 0 Å². The molecule has 0 aromatic heterocycles. The van der Waals surface area contributed by atoms with Crippen molar-refractivity contribution in [2.24, 2.45) is 5.41 Å². The maximum atomic E-state index is 11.3. The zero-order chi connectivity index (χ0) is 11.0. The highest BCUT2D eigenvalue weighted by atomic mass is 16.1. The van der Waals surface area contributed by atoms with Gasteiger partial charge in [0.15, 0.2) is 0 Å². The molecule has 14 heavy (non-hydrogen) atoms. The summed E-state index contributed by atoms with van der Waals surface area (Å²) >= 11 is 0. The summed E-state index contributed by atoms with van der Waals surface area (Å²) in [6.07, 6.45) is 1.66. The Balaban J connectivity index is 3.53. The molecule has 0 radical (unpaired) electrons. The summed E-state index contributed by atoms with van der Waals surface area (Å²) in [4.78, 5) is 11.3. The van der Waals surface area contributed by atoms with E-state index in [2.05, 4.69) is 31.4 Å². The lowest BCUT2D eigenvalue weighted by molar-refractivity contribution is -0.121. The fraction of sp³-hybridized carbons (Fsp3) is 0.909. The highest BCUT2D eigenvalue weighted by Crippen LogP contribution is 2.17. The van der Waals surface area contributed by atoms with Crippen molar-refractivity contribution in [3.8, 4) is 0 Å². The molecule has 0 aliphatic rings. The van der Waals surface area contributed by atoms with Crippen LogP contribution in [0.3, 0.4) is 0 Å². The van der Waals surface area contributed by atoms with Crippen LogP contribution in [-0.2, 0) is 4.79 Å². The lowest BCUT2D eigenvalue weighted by atomic mass is 9.90. The number of carbonyl (C=O) groups excluding carboxylic acids is 1. The summed E-state index contributed by atoms with van der Waals surface area (Å²) in [6, 6.07) is 0. The van der Waals surface area contributed by atoms with Crippen LogP contribution >= 0.6 is 0 Å². The second kappa shape index (κ2) is 6.82. The van der Waals surface area contributed by atoms with Gasteiger partial charge in [-0.2, -0.15) is 0 Å². The zero-order valence-corrected chi connectivity index (χ0v) is 9.94. The summed E-state index contributed by atoms with van der Waals surface area (Å²) in [5.41, 5.74) is 0.216. The van der Waals surface area contributed by atoms with E-state index in [4.69, 9.17) is 0 Å². The average molecular weight is 200 g/mol. The smallest absolute Gasteiger partial charge is 0.221 e. The number of rotatable bonds is 7. The van der Waals surface area contributed by atoms with E-state index >= 15 is 0 Å². The van der Waals surface area contributed by atoms with Gasteiger partial charge in [-0.15, -0.1) is 0 Å². The first-order chi connectivity index (χ1) is 6.52. The Kier molecular flexibility index (Phi) is 6.54. The van der Waals surface area contributed by atoms with Gasteiger partial charge >= 0.3 is 0 Å². The molecule has 2 N–H and O–H groups in total. The Morgan fingerprint density at radius 2 is 1.93 bits per heavy atom. The molecule has 0 saturated heterocycles. The molecule has 0 aromatic rings. The third-order valence-corrected chi connectivity index (χ3v) is 2.50. The maximum Gasteiger partial charge on any atom is 0.221 e. The minimum absolute atomic E-state index is 0.146. The molecular weight excluding hydrogens is 176 g/mol. The Hall–Kier alpha value is -0.570. The van der Waals surface area contributed by atoms with E-state index in [-0.39, 0.29) is 11.3 Å². The third-order valence-electron chi connectivity index (χ3n) is 2.50. The van der Waals surface area contributed by atoms with Crippen LogP contribution in [0.1, 0.15) is 40.5 Å². The number of hydrogen-bond acceptors (Lipinski definition) is 2. The Bertz CT molecular complexity index is 167. The lowest BCUT2D eigenvalue weighted by Gasteiger charge is -2.22. The van der Waals surface area contributed by atoms with Crippen molar-refractivity contribution < 1.29 is 4.79 Å². The molecule has 3 heteroatoms. The fourth-order valence-corrected chi connectivity index (χ4v) is 0.930. The molecule has 0 aromatic carbocycles. The molecule has 0 bridgehead atoms. The number of nitrogens with one attached hydrogen (secondary N) is 2. The van der Waals surface area contributed by atoms with Crippen LogP contribution in [0.5, 0.6) is 0 Å². The van der Waals surface area contributed by atoms with Gasteiger partial charge in [0.2, 0.25) is 5.91 Å². The van der Waals surface area contributed by atoms with E-state index in [1.54, 1.807) is 0 Å². The van der Waals surface area contributed by atoms with Gasteiger partial charge in [-0.3, -0.25) is 4.79 Å². The van der Waals surface area contributed by atoms with Gasteiger partial charge < -0.3 is 10.6 Å². The SMILES string of the molecule is CCNCCC(=O)NCC(C)(C)CC. The average Bonchev–Trinajstić information content (AvgIpc) is 2.16. The number of carbonyl (C=O) groups is 1. The summed E-state index contributed by atoms with van der Waals surface area (Å²) < 4.78 is 0. The van der Waals surface area contributed by atoms with Crippen LogP contribution in [0.25, 0.3) is 0 Å². The molecular formula is C11H24N2O. The van der Waals surface area contributed by atoms with Gasteiger partial charge in [0.25, 0.3) is 0 Å². The van der Waals surface area contributed by atoms with Crippen molar-refractivity contribution in [1.82, 2.24) is 10.6 Å². The summed E-state index contributed by atoms with van der Waals surface area (Å²) in [5.74, 6) is 0.146. The van der Waals surface area contributed by atoms with Gasteiger partial charge in [-0.25, -0.2) is 0 Å². The molecule has 1 amide bonds. The molecule has 0 saturated carbocycles. The monoisotopic (exact) mass is 200 g/mol. The molecule has 0 heterocycles. The second-order valence-electron chi connectivity index (χ2n) is 4.40. The van der Waals surface area contributed by atoms with Crippen molar-refractivity contribution in [2.75, 3.05) is 19.6 Å². The van der Waals surface area contributed by atoms with E-state index < -0.39 is 0 Å². The van der Waals surface area contributed by atoms with E-state index in [1.807, 2.05) is 6.92 Å². The third kappa shape index (κ3) is 6.89. The molecule has 0 fully saturated rings. The first-order valence-electron chi connectivity index (χ1n) is 5.49. The Labute approximate surface area is 87.6 Å². The summed E-state index contributed by atoms with van der Waals surface area (Å²) in [5, 5.41) is 6.08. The Morgan fingerprint density at radius 3 is 2.43 bits per heavy atom. The Morgan fingerprint density at radius 1 is 1.29 bits per heavy atom. The van der Waals surface area contributed by atoms with Crippen LogP contribution in [0, 0.1) is 5.41 Å². The van der Waals surface area contributed by atoms with Crippen LogP contribution in [0.2, 0.25) is 0 Å². The summed E-state index contributed by atoms with van der Waals surface area (Å²) in [7, 11) is 0. The highest BCUT2D eigenvalue weighted by Gasteiger charge is 2.15. The van der Waals surface area contributed by atoms with E-state index in [0.717, 1.165) is 26.1 Å². The molecule has 0 aliphatic carbocycles. The van der Waals surface area contributed by atoms with Crippen molar-refractivity contribution in [3.63, 3.8) is 0 Å². The predicted octanol–water partition coefficient (Wildman–Crippen LogP) is 1.54. The van der Waals surface area contributed by atoms with Gasteiger partial charge in [0, 0.05) is 19.5 Å². The van der Waals surface area contributed by atoms with Crippen LogP contribution in [0.4, 0.5) is 0 Å².